The van der Waals surface area contributed by atoms with Gasteiger partial charge in [0.1, 0.15) is 6.04 Å². The van der Waals surface area contributed by atoms with Crippen molar-refractivity contribution >= 4 is 30.2 Å². The first-order chi connectivity index (χ1) is 8.96. The number of ether oxygens (including phenoxy) is 1. The van der Waals surface area contributed by atoms with Crippen molar-refractivity contribution in [1.82, 2.24) is 10.6 Å². The molecule has 7 nitrogen and oxygen atoms in total. The van der Waals surface area contributed by atoms with Crippen molar-refractivity contribution in [1.29, 1.82) is 0 Å². The van der Waals surface area contributed by atoms with Crippen LogP contribution in [0.2, 0.25) is 0 Å². The van der Waals surface area contributed by atoms with Crippen LogP contribution in [0.15, 0.2) is 0 Å². The molecule has 0 fully saturated rings. The highest BCUT2D eigenvalue weighted by Gasteiger charge is 2.26. The van der Waals surface area contributed by atoms with Crippen molar-refractivity contribution < 1.29 is 19.1 Å². The minimum Gasteiger partial charge on any atom is -0.464 e. The van der Waals surface area contributed by atoms with Crippen LogP contribution in [0.25, 0.3) is 0 Å². The first-order valence-electron chi connectivity index (χ1n) is 6.38. The van der Waals surface area contributed by atoms with E-state index in [0.29, 0.717) is 0 Å². The SMILES string of the molecule is CCOC(=O)C(NC(=O)CNC(=O)CN)C(C)CC.Cl. The van der Waals surface area contributed by atoms with Gasteiger partial charge in [0.15, 0.2) is 0 Å². The Labute approximate surface area is 125 Å². The van der Waals surface area contributed by atoms with Crippen molar-refractivity contribution in [2.75, 3.05) is 19.7 Å². The zero-order valence-corrected chi connectivity index (χ0v) is 12.9. The second-order valence-electron chi connectivity index (χ2n) is 4.16. The highest BCUT2D eigenvalue weighted by Crippen LogP contribution is 2.09. The van der Waals surface area contributed by atoms with Crippen LogP contribution < -0.4 is 16.4 Å². The molecule has 0 aliphatic heterocycles. The Morgan fingerprint density at radius 3 is 2.25 bits per heavy atom. The van der Waals surface area contributed by atoms with Gasteiger partial charge in [-0.05, 0) is 12.8 Å². The highest BCUT2D eigenvalue weighted by atomic mass is 35.5. The van der Waals surface area contributed by atoms with E-state index in [1.807, 2.05) is 13.8 Å². The van der Waals surface area contributed by atoms with Gasteiger partial charge >= 0.3 is 5.97 Å². The van der Waals surface area contributed by atoms with Crippen LogP contribution in [0.3, 0.4) is 0 Å². The molecule has 0 spiro atoms. The molecular formula is C12H24ClN3O4. The van der Waals surface area contributed by atoms with Gasteiger partial charge in [0.25, 0.3) is 0 Å². The molecule has 0 heterocycles. The maximum atomic E-state index is 11.7. The predicted octanol–water partition coefficient (Wildman–Crippen LogP) is -0.423. The second-order valence-corrected chi connectivity index (χ2v) is 4.16. The molecule has 4 N–H and O–H groups in total. The third-order valence-electron chi connectivity index (χ3n) is 2.70. The van der Waals surface area contributed by atoms with Gasteiger partial charge in [-0.2, -0.15) is 0 Å². The molecule has 118 valence electrons. The fourth-order valence-corrected chi connectivity index (χ4v) is 1.38. The summed E-state index contributed by atoms with van der Waals surface area (Å²) >= 11 is 0. The Morgan fingerprint density at radius 2 is 1.80 bits per heavy atom. The van der Waals surface area contributed by atoms with Gasteiger partial charge in [-0.3, -0.25) is 9.59 Å². The van der Waals surface area contributed by atoms with Crippen LogP contribution in [-0.4, -0.2) is 43.5 Å². The lowest BCUT2D eigenvalue weighted by atomic mass is 9.99. The third kappa shape index (κ3) is 7.96. The Hall–Kier alpha value is -1.34. The van der Waals surface area contributed by atoms with E-state index >= 15 is 0 Å². The lowest BCUT2D eigenvalue weighted by Gasteiger charge is -2.22. The van der Waals surface area contributed by atoms with E-state index in [1.54, 1.807) is 6.92 Å². The fourth-order valence-electron chi connectivity index (χ4n) is 1.38. The fraction of sp³-hybridized carbons (Fsp3) is 0.750. The molecule has 2 unspecified atom stereocenters. The molecule has 8 heteroatoms. The van der Waals surface area contributed by atoms with Gasteiger partial charge in [0.2, 0.25) is 11.8 Å². The molecular weight excluding hydrogens is 286 g/mol. The number of carbonyl (C=O) groups is 3. The molecule has 0 rings (SSSR count). The van der Waals surface area contributed by atoms with Gasteiger partial charge in [0, 0.05) is 0 Å². The summed E-state index contributed by atoms with van der Waals surface area (Å²) in [7, 11) is 0. The van der Waals surface area contributed by atoms with E-state index in [1.165, 1.54) is 0 Å². The molecule has 0 aliphatic carbocycles. The molecule has 0 aromatic carbocycles. The smallest absolute Gasteiger partial charge is 0.328 e. The quantitative estimate of drug-likeness (QED) is 0.527. The maximum Gasteiger partial charge on any atom is 0.328 e. The first kappa shape index (κ1) is 21.0. The third-order valence-corrected chi connectivity index (χ3v) is 2.70. The number of carbonyl (C=O) groups excluding carboxylic acids is 3. The number of hydrogen-bond acceptors (Lipinski definition) is 5. The molecule has 2 atom stereocenters. The van der Waals surface area contributed by atoms with E-state index in [2.05, 4.69) is 10.6 Å². The second kappa shape index (κ2) is 11.5. The monoisotopic (exact) mass is 309 g/mol. The maximum absolute atomic E-state index is 11.7. The average Bonchev–Trinajstić information content (AvgIpc) is 2.41. The van der Waals surface area contributed by atoms with Crippen molar-refractivity contribution in [3.05, 3.63) is 0 Å². The van der Waals surface area contributed by atoms with E-state index in [9.17, 15) is 14.4 Å². The Bertz CT molecular complexity index is 326. The zero-order chi connectivity index (χ0) is 14.8. The molecule has 0 saturated heterocycles. The van der Waals surface area contributed by atoms with Crippen molar-refractivity contribution in [2.24, 2.45) is 11.7 Å². The molecule has 0 bridgehead atoms. The number of hydrogen-bond donors (Lipinski definition) is 3. The average molecular weight is 310 g/mol. The molecule has 0 radical (unpaired) electrons. The van der Waals surface area contributed by atoms with E-state index < -0.39 is 23.8 Å². The van der Waals surface area contributed by atoms with Crippen molar-refractivity contribution in [3.8, 4) is 0 Å². The van der Waals surface area contributed by atoms with Crippen LogP contribution >= 0.6 is 12.4 Å². The minimum absolute atomic E-state index is 0. The lowest BCUT2D eigenvalue weighted by Crippen LogP contribution is -2.49. The number of nitrogens with one attached hydrogen (secondary N) is 2. The van der Waals surface area contributed by atoms with E-state index in [4.69, 9.17) is 10.5 Å². The van der Waals surface area contributed by atoms with Crippen LogP contribution in [0.5, 0.6) is 0 Å². The predicted molar refractivity (Wildman–Crippen MR) is 77.3 cm³/mol. The molecule has 0 aliphatic rings. The molecule has 20 heavy (non-hydrogen) atoms. The summed E-state index contributed by atoms with van der Waals surface area (Å²) in [5, 5.41) is 4.90. The summed E-state index contributed by atoms with van der Waals surface area (Å²) in [6, 6.07) is -0.702. The molecule has 0 aromatic heterocycles. The molecule has 0 aromatic rings. The van der Waals surface area contributed by atoms with Crippen LogP contribution in [0, 0.1) is 5.92 Å². The first-order valence-corrected chi connectivity index (χ1v) is 6.38. The Balaban J connectivity index is 0. The van der Waals surface area contributed by atoms with Crippen molar-refractivity contribution in [3.63, 3.8) is 0 Å². The van der Waals surface area contributed by atoms with Gasteiger partial charge in [-0.1, -0.05) is 20.3 Å². The highest BCUT2D eigenvalue weighted by molar-refractivity contribution is 5.88. The van der Waals surface area contributed by atoms with Gasteiger partial charge in [-0.25, -0.2) is 4.79 Å². The van der Waals surface area contributed by atoms with E-state index in [-0.39, 0.29) is 38.0 Å². The van der Waals surface area contributed by atoms with Crippen LogP contribution in [0.1, 0.15) is 27.2 Å². The zero-order valence-electron chi connectivity index (χ0n) is 12.1. The normalized spacial score (nSPS) is 12.6. The summed E-state index contributed by atoms with van der Waals surface area (Å²) in [5.41, 5.74) is 5.10. The van der Waals surface area contributed by atoms with E-state index in [0.717, 1.165) is 6.42 Å². The van der Waals surface area contributed by atoms with Crippen molar-refractivity contribution in [2.45, 2.75) is 33.2 Å². The summed E-state index contributed by atoms with van der Waals surface area (Å²) in [6.07, 6.45) is 0.721. The Morgan fingerprint density at radius 1 is 1.20 bits per heavy atom. The van der Waals surface area contributed by atoms with Gasteiger partial charge in [-0.15, -0.1) is 12.4 Å². The molecule has 0 saturated carbocycles. The topological polar surface area (TPSA) is 111 Å². The standard InChI is InChI=1S/C12H23N3O4.ClH/c1-4-8(3)11(12(18)19-5-2)15-10(17)7-14-9(16)6-13;/h8,11H,4-7,13H2,1-3H3,(H,14,16)(H,15,17);1H. The number of nitrogens with two attached hydrogens (primary N) is 1. The lowest BCUT2D eigenvalue weighted by molar-refractivity contribution is -0.148. The summed E-state index contributed by atoms with van der Waals surface area (Å²) in [5.74, 6) is -1.38. The number of rotatable bonds is 8. The summed E-state index contributed by atoms with van der Waals surface area (Å²) < 4.78 is 4.91. The number of esters is 1. The summed E-state index contributed by atoms with van der Waals surface area (Å²) in [4.78, 5) is 34.3. The molecule has 2 amide bonds. The van der Waals surface area contributed by atoms with Gasteiger partial charge < -0.3 is 21.1 Å². The largest absolute Gasteiger partial charge is 0.464 e. The summed E-state index contributed by atoms with van der Waals surface area (Å²) in [6.45, 7) is 5.34. The van der Waals surface area contributed by atoms with Gasteiger partial charge in [0.05, 0.1) is 19.7 Å². The minimum atomic E-state index is -0.702. The Kier molecular flexibility index (Phi) is 12.0. The van der Waals surface area contributed by atoms with Crippen LogP contribution in [0.4, 0.5) is 0 Å². The van der Waals surface area contributed by atoms with Crippen LogP contribution in [-0.2, 0) is 19.1 Å². The number of halogens is 1. The number of amides is 2.